The molecule has 0 unspecified atom stereocenters. The summed E-state index contributed by atoms with van der Waals surface area (Å²) in [5, 5.41) is 23.2. The zero-order valence-corrected chi connectivity index (χ0v) is 19.2. The molecule has 2 aromatic heterocycles. The second-order valence-corrected chi connectivity index (χ2v) is 9.63. The van der Waals surface area contributed by atoms with Crippen LogP contribution in [0.2, 0.25) is 0 Å². The third-order valence-corrected chi connectivity index (χ3v) is 7.28. The predicted molar refractivity (Wildman–Crippen MR) is 126 cm³/mol. The molecular formula is C22H23N3O2S3. The average Bonchev–Trinajstić information content (AvgIpc) is 3.32. The molecule has 156 valence electrons. The van der Waals surface area contributed by atoms with Crippen molar-refractivity contribution >= 4 is 34.9 Å². The van der Waals surface area contributed by atoms with Gasteiger partial charge >= 0.3 is 0 Å². The highest BCUT2D eigenvalue weighted by Crippen LogP contribution is 2.36. The summed E-state index contributed by atoms with van der Waals surface area (Å²) in [5.74, 6) is 1.79. The van der Waals surface area contributed by atoms with E-state index in [1.54, 1.807) is 18.0 Å². The van der Waals surface area contributed by atoms with E-state index in [1.807, 2.05) is 47.5 Å². The fraction of sp³-hybridized carbons (Fsp3) is 0.318. The fourth-order valence-corrected chi connectivity index (χ4v) is 5.52. The van der Waals surface area contributed by atoms with Crippen molar-refractivity contribution in [3.63, 3.8) is 0 Å². The van der Waals surface area contributed by atoms with E-state index >= 15 is 0 Å². The molecule has 0 atom stereocenters. The first-order chi connectivity index (χ1) is 14.8. The molecule has 0 radical (unpaired) electrons. The number of pyridine rings is 1. The van der Waals surface area contributed by atoms with E-state index < -0.39 is 0 Å². The van der Waals surface area contributed by atoms with Gasteiger partial charge in [-0.3, -0.25) is 0 Å². The standard InChI is InChI=1S/C22H23N3O2S3/c1-2-3-11-28-15-30-21-19(14-23)18(13-20(25-21)22-24-8-12-29-22)16-4-6-17(7-5-16)27-10-9-26/h4-8,12-13,26H,2-3,9-11,15H2,1H3. The van der Waals surface area contributed by atoms with Crippen LogP contribution >= 0.6 is 34.9 Å². The number of hydrogen-bond donors (Lipinski definition) is 1. The van der Waals surface area contributed by atoms with Crippen molar-refractivity contribution in [2.45, 2.75) is 24.8 Å². The molecular weight excluding hydrogens is 434 g/mol. The Morgan fingerprint density at radius 1 is 1.27 bits per heavy atom. The Kier molecular flexibility index (Phi) is 9.02. The van der Waals surface area contributed by atoms with Crippen LogP contribution in [0.15, 0.2) is 46.9 Å². The van der Waals surface area contributed by atoms with Gasteiger partial charge in [-0.1, -0.05) is 37.2 Å². The maximum Gasteiger partial charge on any atom is 0.141 e. The van der Waals surface area contributed by atoms with Gasteiger partial charge in [0, 0.05) is 22.2 Å². The second kappa shape index (κ2) is 12.0. The first kappa shape index (κ1) is 22.6. The van der Waals surface area contributed by atoms with Crippen LogP contribution < -0.4 is 4.74 Å². The largest absolute Gasteiger partial charge is 0.491 e. The number of thioether (sulfide) groups is 2. The number of unbranched alkanes of at least 4 members (excludes halogenated alkanes) is 1. The van der Waals surface area contributed by atoms with Gasteiger partial charge in [0.25, 0.3) is 0 Å². The highest BCUT2D eigenvalue weighted by atomic mass is 32.2. The van der Waals surface area contributed by atoms with Crippen LogP contribution in [0.25, 0.3) is 21.8 Å². The quantitative estimate of drug-likeness (QED) is 0.225. The van der Waals surface area contributed by atoms with E-state index in [0.717, 1.165) is 37.7 Å². The minimum atomic E-state index is -0.0291. The lowest BCUT2D eigenvalue weighted by Gasteiger charge is -2.12. The molecule has 0 bridgehead atoms. The predicted octanol–water partition coefficient (Wildman–Crippen LogP) is 5.70. The molecule has 0 amide bonds. The Hall–Kier alpha value is -2.05. The van der Waals surface area contributed by atoms with E-state index in [-0.39, 0.29) is 13.2 Å². The van der Waals surface area contributed by atoms with Crippen LogP contribution in [-0.4, -0.2) is 39.1 Å². The van der Waals surface area contributed by atoms with Crippen LogP contribution in [0, 0.1) is 11.3 Å². The Bertz CT molecular complexity index is 971. The highest BCUT2D eigenvalue weighted by molar-refractivity contribution is 8.15. The summed E-state index contributed by atoms with van der Waals surface area (Å²) < 4.78 is 5.45. The number of nitriles is 1. The lowest BCUT2D eigenvalue weighted by Crippen LogP contribution is -2.01. The number of nitrogens with zero attached hydrogens (tertiary/aromatic N) is 3. The van der Waals surface area contributed by atoms with Gasteiger partial charge in [0.2, 0.25) is 0 Å². The van der Waals surface area contributed by atoms with Crippen LogP contribution in [0.5, 0.6) is 5.75 Å². The van der Waals surface area contributed by atoms with Crippen molar-refractivity contribution in [2.75, 3.05) is 24.1 Å². The summed E-state index contributed by atoms with van der Waals surface area (Å²) in [6.45, 7) is 2.41. The summed E-state index contributed by atoms with van der Waals surface area (Å²) in [6, 6.07) is 11.9. The Morgan fingerprint density at radius 3 is 2.77 bits per heavy atom. The Morgan fingerprint density at radius 2 is 2.10 bits per heavy atom. The van der Waals surface area contributed by atoms with Gasteiger partial charge in [-0.15, -0.1) is 11.3 Å². The van der Waals surface area contributed by atoms with Crippen LogP contribution in [-0.2, 0) is 0 Å². The zero-order valence-electron chi connectivity index (χ0n) is 16.7. The summed E-state index contributed by atoms with van der Waals surface area (Å²) >= 11 is 5.01. The number of aliphatic hydroxyl groups is 1. The van der Waals surface area contributed by atoms with Crippen molar-refractivity contribution in [3.8, 4) is 33.6 Å². The number of aromatic nitrogens is 2. The minimum absolute atomic E-state index is 0.0291. The Labute approximate surface area is 189 Å². The summed E-state index contributed by atoms with van der Waals surface area (Å²) in [4.78, 5) is 9.17. The highest BCUT2D eigenvalue weighted by Gasteiger charge is 2.17. The molecule has 30 heavy (non-hydrogen) atoms. The topological polar surface area (TPSA) is 79.0 Å². The van der Waals surface area contributed by atoms with Gasteiger partial charge in [-0.05, 0) is 35.9 Å². The molecule has 0 aliphatic rings. The summed E-state index contributed by atoms with van der Waals surface area (Å²) in [5.41, 5.74) is 3.12. The van der Waals surface area contributed by atoms with E-state index in [2.05, 4.69) is 18.0 Å². The Balaban J connectivity index is 1.95. The van der Waals surface area contributed by atoms with Crippen molar-refractivity contribution in [1.82, 2.24) is 9.97 Å². The smallest absolute Gasteiger partial charge is 0.141 e. The first-order valence-corrected chi connectivity index (χ1v) is 12.7. The third-order valence-electron chi connectivity index (χ3n) is 4.20. The summed E-state index contributed by atoms with van der Waals surface area (Å²) in [7, 11) is 0. The third kappa shape index (κ3) is 5.99. The van der Waals surface area contributed by atoms with Crippen molar-refractivity contribution in [2.24, 2.45) is 0 Å². The fourth-order valence-electron chi connectivity index (χ4n) is 2.72. The van der Waals surface area contributed by atoms with Crippen molar-refractivity contribution in [3.05, 3.63) is 47.5 Å². The number of aliphatic hydroxyl groups excluding tert-OH is 1. The van der Waals surface area contributed by atoms with Gasteiger partial charge in [-0.25, -0.2) is 9.97 Å². The zero-order chi connectivity index (χ0) is 21.2. The van der Waals surface area contributed by atoms with Gasteiger partial charge in [0.05, 0.1) is 12.2 Å². The molecule has 0 fully saturated rings. The number of hydrogen-bond acceptors (Lipinski definition) is 8. The SMILES string of the molecule is CCCCSCSc1nc(-c2nccs2)cc(-c2ccc(OCCO)cc2)c1C#N. The van der Waals surface area contributed by atoms with Crippen LogP contribution in [0.4, 0.5) is 0 Å². The average molecular weight is 458 g/mol. The van der Waals surface area contributed by atoms with Gasteiger partial charge < -0.3 is 9.84 Å². The summed E-state index contributed by atoms with van der Waals surface area (Å²) in [6.07, 6.45) is 4.14. The molecule has 1 aromatic carbocycles. The van der Waals surface area contributed by atoms with E-state index in [0.29, 0.717) is 11.3 Å². The number of thiazole rings is 1. The molecule has 0 aliphatic carbocycles. The molecule has 5 nitrogen and oxygen atoms in total. The van der Waals surface area contributed by atoms with Crippen molar-refractivity contribution < 1.29 is 9.84 Å². The molecule has 2 heterocycles. The van der Waals surface area contributed by atoms with Crippen molar-refractivity contribution in [1.29, 1.82) is 5.26 Å². The maximum absolute atomic E-state index is 9.92. The van der Waals surface area contributed by atoms with E-state index in [4.69, 9.17) is 14.8 Å². The van der Waals surface area contributed by atoms with Gasteiger partial charge in [-0.2, -0.15) is 17.0 Å². The lowest BCUT2D eigenvalue weighted by molar-refractivity contribution is 0.201. The maximum atomic E-state index is 9.92. The number of benzene rings is 1. The minimum Gasteiger partial charge on any atom is -0.491 e. The van der Waals surface area contributed by atoms with E-state index in [9.17, 15) is 5.26 Å². The van der Waals surface area contributed by atoms with Crippen LogP contribution in [0.1, 0.15) is 25.3 Å². The molecule has 0 aliphatic heterocycles. The van der Waals surface area contributed by atoms with E-state index in [1.165, 1.54) is 24.2 Å². The molecule has 0 saturated heterocycles. The molecule has 8 heteroatoms. The second-order valence-electron chi connectivity index (χ2n) is 6.30. The monoisotopic (exact) mass is 457 g/mol. The molecule has 0 saturated carbocycles. The molecule has 0 spiro atoms. The number of ether oxygens (including phenoxy) is 1. The van der Waals surface area contributed by atoms with Gasteiger partial charge in [0.1, 0.15) is 34.2 Å². The van der Waals surface area contributed by atoms with Crippen LogP contribution in [0.3, 0.4) is 0 Å². The molecule has 3 aromatic rings. The van der Waals surface area contributed by atoms with Gasteiger partial charge in [0.15, 0.2) is 0 Å². The lowest BCUT2D eigenvalue weighted by atomic mass is 10.0. The number of rotatable bonds is 11. The normalized spacial score (nSPS) is 10.7. The molecule has 1 N–H and O–H groups in total. The molecule has 3 rings (SSSR count). The first-order valence-electron chi connectivity index (χ1n) is 9.66.